The molecule has 0 atom stereocenters. The number of carbonyl (C=O) groups excluding carboxylic acids is 1. The topological polar surface area (TPSA) is 82.6 Å². The number of piperazine rings is 1. The van der Waals surface area contributed by atoms with Crippen LogP contribution in [0.1, 0.15) is 17.3 Å². The smallest absolute Gasteiger partial charge is 0.256 e. The largest absolute Gasteiger partial charge is 0.352 e. The summed E-state index contributed by atoms with van der Waals surface area (Å²) in [5.41, 5.74) is 0.698. The second-order valence-corrected chi connectivity index (χ2v) is 9.65. The van der Waals surface area contributed by atoms with Crippen LogP contribution in [0.5, 0.6) is 0 Å². The molecule has 1 amide bonds. The summed E-state index contributed by atoms with van der Waals surface area (Å²) in [5, 5.41) is 1.14. The van der Waals surface area contributed by atoms with E-state index in [0.29, 0.717) is 37.4 Å². The van der Waals surface area contributed by atoms with Crippen LogP contribution in [-0.2, 0) is 10.0 Å². The van der Waals surface area contributed by atoms with Crippen molar-refractivity contribution in [2.75, 3.05) is 41.6 Å². The van der Waals surface area contributed by atoms with E-state index in [0.717, 1.165) is 15.9 Å². The molecule has 1 saturated heterocycles. The van der Waals surface area contributed by atoms with E-state index in [-0.39, 0.29) is 11.7 Å². The molecule has 0 saturated carbocycles. The first-order chi connectivity index (χ1) is 14.0. The van der Waals surface area contributed by atoms with Crippen LogP contribution in [0.2, 0.25) is 0 Å². The molecule has 3 aromatic rings. The molecule has 0 bridgehead atoms. The summed E-state index contributed by atoms with van der Waals surface area (Å²) in [6.45, 7) is 4.04. The van der Waals surface area contributed by atoms with Gasteiger partial charge in [0.2, 0.25) is 10.0 Å². The fraction of sp³-hybridized carbons (Fsp3) is 0.300. The first-order valence-corrected chi connectivity index (χ1v) is 11.9. The fourth-order valence-electron chi connectivity index (χ4n) is 3.39. The molecule has 0 radical (unpaired) electrons. The number of aromatic nitrogens is 1. The highest BCUT2D eigenvalue weighted by atomic mass is 32.2. The molecule has 29 heavy (non-hydrogen) atoms. The molecule has 1 N–H and O–H groups in total. The molecule has 0 unspecified atom stereocenters. The first kappa shape index (κ1) is 19.7. The van der Waals surface area contributed by atoms with E-state index in [1.165, 1.54) is 11.5 Å². The molecular formula is C20H22N4O3S2. The monoisotopic (exact) mass is 430 g/mol. The van der Waals surface area contributed by atoms with Gasteiger partial charge < -0.3 is 9.80 Å². The van der Waals surface area contributed by atoms with E-state index in [1.54, 1.807) is 36.1 Å². The predicted molar refractivity (Wildman–Crippen MR) is 117 cm³/mol. The third-order valence-corrected chi connectivity index (χ3v) is 7.14. The van der Waals surface area contributed by atoms with Crippen LogP contribution in [-0.4, -0.2) is 55.5 Å². The molecule has 1 aliphatic heterocycles. The van der Waals surface area contributed by atoms with Gasteiger partial charge in [-0.1, -0.05) is 24.3 Å². The number of benzene rings is 2. The van der Waals surface area contributed by atoms with Crippen molar-refractivity contribution in [3.8, 4) is 0 Å². The van der Waals surface area contributed by atoms with Gasteiger partial charge in [0.1, 0.15) is 5.82 Å². The maximum Gasteiger partial charge on any atom is 0.256 e. The molecule has 2 heterocycles. The van der Waals surface area contributed by atoms with Crippen molar-refractivity contribution in [2.24, 2.45) is 0 Å². The van der Waals surface area contributed by atoms with Gasteiger partial charge in [-0.05, 0) is 42.7 Å². The van der Waals surface area contributed by atoms with Crippen molar-refractivity contribution in [3.05, 3.63) is 54.1 Å². The second kappa shape index (κ2) is 8.00. The van der Waals surface area contributed by atoms with Gasteiger partial charge in [0.15, 0.2) is 0 Å². The van der Waals surface area contributed by atoms with Crippen LogP contribution in [0.15, 0.2) is 48.5 Å². The van der Waals surface area contributed by atoms with Gasteiger partial charge in [0, 0.05) is 31.6 Å². The molecule has 0 spiro atoms. The van der Waals surface area contributed by atoms with Gasteiger partial charge in [-0.15, -0.1) is 0 Å². The molecule has 2 aromatic carbocycles. The number of rotatable bonds is 5. The Labute approximate surface area is 174 Å². The van der Waals surface area contributed by atoms with Gasteiger partial charge in [-0.2, -0.15) is 4.37 Å². The summed E-state index contributed by atoms with van der Waals surface area (Å²) >= 11 is 1.48. The third-order valence-electron chi connectivity index (χ3n) is 5.03. The van der Waals surface area contributed by atoms with Gasteiger partial charge in [0.25, 0.3) is 5.91 Å². The standard InChI is InChI=1S/C20H22N4O3S2/c1-2-29(26,27)22-17-9-5-3-7-15(17)20(25)24-13-11-23(12-14-24)19-16-8-4-6-10-18(16)28-21-19/h3-10,22H,2,11-14H2,1H3. The van der Waals surface area contributed by atoms with E-state index < -0.39 is 10.0 Å². The highest BCUT2D eigenvalue weighted by molar-refractivity contribution is 7.92. The first-order valence-electron chi connectivity index (χ1n) is 9.46. The fourth-order valence-corrected chi connectivity index (χ4v) is 4.84. The number of anilines is 2. The lowest BCUT2D eigenvalue weighted by atomic mass is 10.1. The summed E-state index contributed by atoms with van der Waals surface area (Å²) in [4.78, 5) is 17.0. The number of hydrogen-bond acceptors (Lipinski definition) is 6. The zero-order chi connectivity index (χ0) is 20.4. The van der Waals surface area contributed by atoms with Crippen LogP contribution in [0, 0.1) is 0 Å². The van der Waals surface area contributed by atoms with Crippen molar-refractivity contribution >= 4 is 49.1 Å². The number of fused-ring (bicyclic) bond motifs is 1. The van der Waals surface area contributed by atoms with Crippen molar-refractivity contribution in [1.82, 2.24) is 9.27 Å². The Bertz CT molecular complexity index is 1140. The SMILES string of the molecule is CCS(=O)(=O)Nc1ccccc1C(=O)N1CCN(c2nsc3ccccc23)CC1. The molecule has 1 aliphatic rings. The number of amides is 1. The molecule has 7 nitrogen and oxygen atoms in total. The Kier molecular flexibility index (Phi) is 5.42. The molecule has 152 valence electrons. The minimum Gasteiger partial charge on any atom is -0.352 e. The van der Waals surface area contributed by atoms with Crippen molar-refractivity contribution < 1.29 is 13.2 Å². The number of sulfonamides is 1. The molecule has 0 aliphatic carbocycles. The van der Waals surface area contributed by atoms with Crippen molar-refractivity contribution in [2.45, 2.75) is 6.92 Å². The predicted octanol–water partition coefficient (Wildman–Crippen LogP) is 3.02. The lowest BCUT2D eigenvalue weighted by Gasteiger charge is -2.35. The summed E-state index contributed by atoms with van der Waals surface area (Å²) in [6, 6.07) is 14.9. The Morgan fingerprint density at radius 2 is 1.76 bits per heavy atom. The Morgan fingerprint density at radius 1 is 1.07 bits per heavy atom. The summed E-state index contributed by atoms with van der Waals surface area (Å²) in [7, 11) is -3.45. The average molecular weight is 431 g/mol. The molecule has 1 aromatic heterocycles. The maximum absolute atomic E-state index is 13.1. The minimum atomic E-state index is -3.45. The quantitative estimate of drug-likeness (QED) is 0.673. The van der Waals surface area contributed by atoms with Crippen LogP contribution >= 0.6 is 11.5 Å². The number of para-hydroxylation sites is 1. The Balaban J connectivity index is 1.49. The maximum atomic E-state index is 13.1. The zero-order valence-corrected chi connectivity index (χ0v) is 17.7. The van der Waals surface area contributed by atoms with E-state index >= 15 is 0 Å². The third kappa shape index (κ3) is 4.06. The van der Waals surface area contributed by atoms with Crippen LogP contribution in [0.4, 0.5) is 11.5 Å². The highest BCUT2D eigenvalue weighted by Crippen LogP contribution is 2.30. The summed E-state index contributed by atoms with van der Waals surface area (Å²) in [5.74, 6) is 0.756. The molecule has 9 heteroatoms. The van der Waals surface area contributed by atoms with E-state index in [4.69, 9.17) is 0 Å². The normalized spacial score (nSPS) is 14.9. The van der Waals surface area contributed by atoms with Gasteiger partial charge >= 0.3 is 0 Å². The van der Waals surface area contributed by atoms with Crippen molar-refractivity contribution in [3.63, 3.8) is 0 Å². The van der Waals surface area contributed by atoms with Crippen molar-refractivity contribution in [1.29, 1.82) is 0 Å². The summed E-state index contributed by atoms with van der Waals surface area (Å²) < 4.78 is 32.2. The number of nitrogens with one attached hydrogen (secondary N) is 1. The number of hydrogen-bond donors (Lipinski definition) is 1. The van der Waals surface area contributed by atoms with Crippen LogP contribution in [0.3, 0.4) is 0 Å². The summed E-state index contributed by atoms with van der Waals surface area (Å²) in [6.07, 6.45) is 0. The Morgan fingerprint density at radius 3 is 2.52 bits per heavy atom. The second-order valence-electron chi connectivity index (χ2n) is 6.83. The number of carbonyl (C=O) groups is 1. The average Bonchev–Trinajstić information content (AvgIpc) is 3.18. The van der Waals surface area contributed by atoms with Gasteiger partial charge in [-0.25, -0.2) is 8.42 Å². The minimum absolute atomic E-state index is 0.0458. The lowest BCUT2D eigenvalue weighted by Crippen LogP contribution is -2.49. The van der Waals surface area contributed by atoms with E-state index in [2.05, 4.69) is 26.1 Å². The van der Waals surface area contributed by atoms with Crippen LogP contribution < -0.4 is 9.62 Å². The Hall–Kier alpha value is -2.65. The highest BCUT2D eigenvalue weighted by Gasteiger charge is 2.26. The van der Waals surface area contributed by atoms with Gasteiger partial charge in [0.05, 0.1) is 21.7 Å². The number of nitrogens with zero attached hydrogens (tertiary/aromatic N) is 3. The van der Waals surface area contributed by atoms with Gasteiger partial charge in [-0.3, -0.25) is 9.52 Å². The molecule has 1 fully saturated rings. The van der Waals surface area contributed by atoms with E-state index in [9.17, 15) is 13.2 Å². The molecule has 4 rings (SSSR count). The van der Waals surface area contributed by atoms with E-state index in [1.807, 2.05) is 12.1 Å². The zero-order valence-electron chi connectivity index (χ0n) is 16.0. The molecular weight excluding hydrogens is 408 g/mol. The lowest BCUT2D eigenvalue weighted by molar-refractivity contribution is 0.0747. The van der Waals surface area contributed by atoms with Crippen LogP contribution in [0.25, 0.3) is 10.1 Å².